The Hall–Kier alpha value is -1.85. The number of hydrogen-bond donors (Lipinski definition) is 2. The van der Waals surface area contributed by atoms with Crippen molar-refractivity contribution in [2.75, 3.05) is 18.4 Å². The molecule has 0 aliphatic heterocycles. The molecule has 0 aliphatic carbocycles. The second kappa shape index (κ2) is 8.13. The molecule has 0 fully saturated rings. The molecule has 1 aromatic heterocycles. The smallest absolute Gasteiger partial charge is 0.407 e. The minimum atomic E-state index is -0.466. The lowest BCUT2D eigenvalue weighted by molar-refractivity contribution is 0.0528. The Morgan fingerprint density at radius 2 is 1.87 bits per heavy atom. The Balaban J connectivity index is 2.34. The third-order valence-electron chi connectivity index (χ3n) is 3.57. The first-order chi connectivity index (χ1) is 10.6. The van der Waals surface area contributed by atoms with Gasteiger partial charge in [0.05, 0.1) is 5.69 Å². The zero-order chi connectivity index (χ0) is 17.5. The zero-order valence-corrected chi connectivity index (χ0v) is 15.2. The molecule has 6 heteroatoms. The van der Waals surface area contributed by atoms with Gasteiger partial charge in [0.1, 0.15) is 17.7 Å². The Bertz CT molecular complexity index is 510. The first-order valence-electron chi connectivity index (χ1n) is 8.17. The van der Waals surface area contributed by atoms with Crippen LogP contribution in [0.15, 0.2) is 12.4 Å². The summed E-state index contributed by atoms with van der Waals surface area (Å²) in [6.45, 7) is 13.3. The SMILES string of the molecule is CCC(C)(C)c1cc(NCCCNC(=O)OC(C)(C)C)ncn1. The maximum absolute atomic E-state index is 11.5. The van der Waals surface area contributed by atoms with E-state index in [2.05, 4.69) is 41.4 Å². The number of aromatic nitrogens is 2. The standard InChI is InChI=1S/C17H30N4O2/c1-7-17(5,6)13-11-14(21-12-20-13)18-9-8-10-19-15(22)23-16(2,3)4/h11-12H,7-10H2,1-6H3,(H,19,22)(H,18,20,21). The molecule has 1 amide bonds. The molecule has 0 aromatic carbocycles. The van der Waals surface area contributed by atoms with Crippen molar-refractivity contribution >= 4 is 11.9 Å². The van der Waals surface area contributed by atoms with Crippen LogP contribution in [0.5, 0.6) is 0 Å². The number of alkyl carbamates (subject to hydrolysis) is 1. The monoisotopic (exact) mass is 322 g/mol. The molecule has 23 heavy (non-hydrogen) atoms. The molecule has 0 atom stereocenters. The molecule has 0 spiro atoms. The van der Waals surface area contributed by atoms with E-state index >= 15 is 0 Å². The van der Waals surface area contributed by atoms with Crippen LogP contribution in [0.1, 0.15) is 60.1 Å². The summed E-state index contributed by atoms with van der Waals surface area (Å²) in [5, 5.41) is 6.00. The predicted molar refractivity (Wildman–Crippen MR) is 92.7 cm³/mol. The average Bonchev–Trinajstić information content (AvgIpc) is 2.45. The second-order valence-electron chi connectivity index (χ2n) is 7.23. The summed E-state index contributed by atoms with van der Waals surface area (Å²) in [5.74, 6) is 0.814. The Labute approximate surface area is 139 Å². The highest BCUT2D eigenvalue weighted by molar-refractivity contribution is 5.67. The number of nitrogens with zero attached hydrogens (tertiary/aromatic N) is 2. The fraction of sp³-hybridized carbons (Fsp3) is 0.706. The van der Waals surface area contributed by atoms with Gasteiger partial charge in [-0.3, -0.25) is 0 Å². The van der Waals surface area contributed by atoms with Crippen LogP contribution in [-0.2, 0) is 10.2 Å². The van der Waals surface area contributed by atoms with Crippen LogP contribution in [0.2, 0.25) is 0 Å². The molecule has 1 aromatic rings. The maximum atomic E-state index is 11.5. The summed E-state index contributed by atoms with van der Waals surface area (Å²) in [6.07, 6.45) is 3.01. The number of ether oxygens (including phenoxy) is 1. The van der Waals surface area contributed by atoms with Gasteiger partial charge >= 0.3 is 6.09 Å². The van der Waals surface area contributed by atoms with Gasteiger partial charge in [-0.05, 0) is 33.6 Å². The number of carbonyl (C=O) groups excluding carboxylic acids is 1. The Morgan fingerprint density at radius 1 is 1.17 bits per heavy atom. The summed E-state index contributed by atoms with van der Waals surface area (Å²) in [4.78, 5) is 20.1. The number of carbonyl (C=O) groups is 1. The number of nitrogens with one attached hydrogen (secondary N) is 2. The highest BCUT2D eigenvalue weighted by atomic mass is 16.6. The number of hydrogen-bond acceptors (Lipinski definition) is 5. The molecule has 0 bridgehead atoms. The maximum Gasteiger partial charge on any atom is 0.407 e. The quantitative estimate of drug-likeness (QED) is 0.752. The van der Waals surface area contributed by atoms with Crippen LogP contribution in [0, 0.1) is 0 Å². The zero-order valence-electron chi connectivity index (χ0n) is 15.2. The van der Waals surface area contributed by atoms with Gasteiger partial charge in [-0.25, -0.2) is 14.8 Å². The van der Waals surface area contributed by atoms with E-state index in [0.717, 1.165) is 30.9 Å². The summed E-state index contributed by atoms with van der Waals surface area (Å²) < 4.78 is 5.18. The first kappa shape index (κ1) is 19.2. The van der Waals surface area contributed by atoms with Gasteiger partial charge in [-0.1, -0.05) is 20.8 Å². The lowest BCUT2D eigenvalue weighted by Crippen LogP contribution is -2.33. The summed E-state index contributed by atoms with van der Waals surface area (Å²) >= 11 is 0. The molecule has 0 radical (unpaired) electrons. The highest BCUT2D eigenvalue weighted by Crippen LogP contribution is 2.25. The van der Waals surface area contributed by atoms with Crippen LogP contribution < -0.4 is 10.6 Å². The number of rotatable bonds is 7. The van der Waals surface area contributed by atoms with Gasteiger partial charge in [-0.2, -0.15) is 0 Å². The van der Waals surface area contributed by atoms with Crippen LogP contribution in [0.4, 0.5) is 10.6 Å². The molecular formula is C17H30N4O2. The van der Waals surface area contributed by atoms with E-state index in [1.807, 2.05) is 26.8 Å². The van der Waals surface area contributed by atoms with Crippen molar-refractivity contribution in [2.24, 2.45) is 0 Å². The minimum absolute atomic E-state index is 0.0393. The van der Waals surface area contributed by atoms with Crippen LogP contribution in [0.25, 0.3) is 0 Å². The van der Waals surface area contributed by atoms with Crippen LogP contribution >= 0.6 is 0 Å². The van der Waals surface area contributed by atoms with Crippen molar-refractivity contribution in [1.82, 2.24) is 15.3 Å². The molecule has 1 rings (SSSR count). The van der Waals surface area contributed by atoms with E-state index in [-0.39, 0.29) is 11.5 Å². The third-order valence-corrected chi connectivity index (χ3v) is 3.57. The molecule has 6 nitrogen and oxygen atoms in total. The normalized spacial score (nSPS) is 11.9. The lowest BCUT2D eigenvalue weighted by Gasteiger charge is -2.22. The molecule has 1 heterocycles. The molecule has 0 unspecified atom stereocenters. The fourth-order valence-corrected chi connectivity index (χ4v) is 1.81. The average molecular weight is 322 g/mol. The molecular weight excluding hydrogens is 292 g/mol. The van der Waals surface area contributed by atoms with Gasteiger partial charge in [0.25, 0.3) is 0 Å². The molecule has 0 aliphatic rings. The second-order valence-corrected chi connectivity index (χ2v) is 7.23. The topological polar surface area (TPSA) is 76.1 Å². The fourth-order valence-electron chi connectivity index (χ4n) is 1.81. The Kier molecular flexibility index (Phi) is 6.79. The summed E-state index contributed by atoms with van der Waals surface area (Å²) in [7, 11) is 0. The van der Waals surface area contributed by atoms with Crippen molar-refractivity contribution in [1.29, 1.82) is 0 Å². The number of anilines is 1. The van der Waals surface area contributed by atoms with Crippen molar-refractivity contribution < 1.29 is 9.53 Å². The van der Waals surface area contributed by atoms with E-state index in [9.17, 15) is 4.79 Å². The van der Waals surface area contributed by atoms with Gasteiger partial charge in [0.2, 0.25) is 0 Å². The van der Waals surface area contributed by atoms with Gasteiger partial charge in [0, 0.05) is 24.6 Å². The minimum Gasteiger partial charge on any atom is -0.444 e. The van der Waals surface area contributed by atoms with E-state index in [0.29, 0.717) is 6.54 Å². The molecule has 0 saturated heterocycles. The predicted octanol–water partition coefficient (Wildman–Crippen LogP) is 3.49. The first-order valence-corrected chi connectivity index (χ1v) is 8.17. The van der Waals surface area contributed by atoms with Gasteiger partial charge in [-0.15, -0.1) is 0 Å². The van der Waals surface area contributed by atoms with Crippen molar-refractivity contribution in [2.45, 2.75) is 65.4 Å². The molecule has 2 N–H and O–H groups in total. The van der Waals surface area contributed by atoms with Crippen molar-refractivity contribution in [3.8, 4) is 0 Å². The van der Waals surface area contributed by atoms with Gasteiger partial charge in [0.15, 0.2) is 0 Å². The largest absolute Gasteiger partial charge is 0.444 e. The number of amides is 1. The Morgan fingerprint density at radius 3 is 2.48 bits per heavy atom. The summed E-state index contributed by atoms with van der Waals surface area (Å²) in [5.41, 5.74) is 0.605. The third kappa shape index (κ3) is 7.30. The van der Waals surface area contributed by atoms with Crippen LogP contribution in [-0.4, -0.2) is 34.8 Å². The lowest BCUT2D eigenvalue weighted by atomic mass is 9.86. The van der Waals surface area contributed by atoms with Gasteiger partial charge < -0.3 is 15.4 Å². The highest BCUT2D eigenvalue weighted by Gasteiger charge is 2.20. The van der Waals surface area contributed by atoms with Crippen molar-refractivity contribution in [3.05, 3.63) is 18.1 Å². The van der Waals surface area contributed by atoms with E-state index in [4.69, 9.17) is 4.74 Å². The van der Waals surface area contributed by atoms with Crippen LogP contribution in [0.3, 0.4) is 0 Å². The van der Waals surface area contributed by atoms with E-state index in [1.165, 1.54) is 0 Å². The van der Waals surface area contributed by atoms with E-state index in [1.54, 1.807) is 6.33 Å². The summed E-state index contributed by atoms with van der Waals surface area (Å²) in [6, 6.07) is 1.99. The van der Waals surface area contributed by atoms with Crippen molar-refractivity contribution in [3.63, 3.8) is 0 Å². The van der Waals surface area contributed by atoms with E-state index < -0.39 is 5.60 Å². The molecule has 0 saturated carbocycles. The molecule has 130 valence electrons.